The molecule has 1 amide bonds. The van der Waals surface area contributed by atoms with Crippen LogP contribution in [0.25, 0.3) is 0 Å². The van der Waals surface area contributed by atoms with Crippen molar-refractivity contribution in [3.8, 4) is 5.75 Å². The van der Waals surface area contributed by atoms with Crippen molar-refractivity contribution in [1.82, 2.24) is 0 Å². The molecule has 0 fully saturated rings. The van der Waals surface area contributed by atoms with E-state index in [0.717, 1.165) is 12.1 Å². The van der Waals surface area contributed by atoms with Crippen LogP contribution in [0.15, 0.2) is 42.5 Å². The van der Waals surface area contributed by atoms with Gasteiger partial charge in [0.05, 0.1) is 23.5 Å². The maximum Gasteiger partial charge on any atom is 0.422 e. The van der Waals surface area contributed by atoms with Crippen molar-refractivity contribution in [2.24, 2.45) is 0 Å². The van der Waals surface area contributed by atoms with E-state index in [9.17, 15) is 31.1 Å². The predicted octanol–water partition coefficient (Wildman–Crippen LogP) is 5.35. The molecule has 0 aromatic heterocycles. The Morgan fingerprint density at radius 1 is 1.00 bits per heavy atom. The van der Waals surface area contributed by atoms with Gasteiger partial charge in [-0.25, -0.2) is 0 Å². The molecule has 2 rings (SSSR count). The Labute approximate surface area is 160 Å². The van der Waals surface area contributed by atoms with Crippen molar-refractivity contribution < 1.29 is 35.9 Å². The van der Waals surface area contributed by atoms with E-state index < -0.39 is 42.7 Å². The smallest absolute Gasteiger partial charge is 0.422 e. The van der Waals surface area contributed by atoms with Crippen LogP contribution in [0, 0.1) is 0 Å². The first kappa shape index (κ1) is 21.7. The molecule has 152 valence electrons. The minimum absolute atomic E-state index is 0.0176. The van der Waals surface area contributed by atoms with Crippen molar-refractivity contribution in [1.29, 1.82) is 0 Å². The summed E-state index contributed by atoms with van der Waals surface area (Å²) in [5.74, 6) is -1.07. The highest BCUT2D eigenvalue weighted by atomic mass is 35.5. The molecule has 0 aliphatic heterocycles. The fraction of sp³-hybridized carbons (Fsp3) is 0.235. The molecule has 0 atom stereocenters. The largest absolute Gasteiger partial charge is 0.482 e. The summed E-state index contributed by atoms with van der Waals surface area (Å²) in [6.45, 7) is -2.09. The van der Waals surface area contributed by atoms with Gasteiger partial charge in [0.25, 0.3) is 0 Å². The highest BCUT2D eigenvalue weighted by Crippen LogP contribution is 2.34. The summed E-state index contributed by atoms with van der Waals surface area (Å²) in [7, 11) is 0. The monoisotopic (exact) mass is 426 g/mol. The number of nitrogens with one attached hydrogen (secondary N) is 2. The normalized spacial score (nSPS) is 11.8. The number of hydrogen-bond donors (Lipinski definition) is 2. The summed E-state index contributed by atoms with van der Waals surface area (Å²) >= 11 is 5.78. The Balaban J connectivity index is 2.06. The van der Waals surface area contributed by atoms with Crippen LogP contribution < -0.4 is 15.4 Å². The van der Waals surface area contributed by atoms with Gasteiger partial charge in [-0.1, -0.05) is 23.7 Å². The first-order valence-corrected chi connectivity index (χ1v) is 8.02. The van der Waals surface area contributed by atoms with E-state index in [1.807, 2.05) is 0 Å². The third-order valence-electron chi connectivity index (χ3n) is 3.28. The molecular weight excluding hydrogens is 414 g/mol. The highest BCUT2D eigenvalue weighted by molar-refractivity contribution is 6.30. The number of benzene rings is 2. The fourth-order valence-electron chi connectivity index (χ4n) is 2.14. The number of para-hydroxylation sites is 1. The van der Waals surface area contributed by atoms with E-state index >= 15 is 0 Å². The van der Waals surface area contributed by atoms with Gasteiger partial charge in [-0.2, -0.15) is 26.3 Å². The van der Waals surface area contributed by atoms with E-state index in [1.54, 1.807) is 0 Å². The van der Waals surface area contributed by atoms with E-state index in [4.69, 9.17) is 11.6 Å². The molecule has 2 N–H and O–H groups in total. The maximum absolute atomic E-state index is 12.9. The highest BCUT2D eigenvalue weighted by Gasteiger charge is 2.33. The van der Waals surface area contributed by atoms with Crippen LogP contribution in [0.3, 0.4) is 0 Å². The van der Waals surface area contributed by atoms with Crippen LogP contribution in [0.1, 0.15) is 5.56 Å². The lowest BCUT2D eigenvalue weighted by molar-refractivity contribution is -0.153. The van der Waals surface area contributed by atoms with Gasteiger partial charge >= 0.3 is 12.4 Å². The SMILES string of the molecule is O=C(CNc1cc(Cl)ccc1OCC(F)(F)F)Nc1ccccc1C(F)(F)F. The molecular formula is C17H13ClF6N2O2. The van der Waals surface area contributed by atoms with E-state index in [1.165, 1.54) is 30.3 Å². The summed E-state index contributed by atoms with van der Waals surface area (Å²) < 4.78 is 80.4. The molecule has 0 spiro atoms. The van der Waals surface area contributed by atoms with Gasteiger partial charge in [0.1, 0.15) is 5.75 Å². The molecule has 0 aliphatic rings. The van der Waals surface area contributed by atoms with Crippen LogP contribution in [0.2, 0.25) is 5.02 Å². The Bertz CT molecular complexity index is 839. The van der Waals surface area contributed by atoms with E-state index in [2.05, 4.69) is 15.4 Å². The lowest BCUT2D eigenvalue weighted by Gasteiger charge is -2.16. The van der Waals surface area contributed by atoms with Gasteiger partial charge in [-0.05, 0) is 30.3 Å². The molecule has 0 radical (unpaired) electrons. The topological polar surface area (TPSA) is 50.4 Å². The molecule has 28 heavy (non-hydrogen) atoms. The van der Waals surface area contributed by atoms with Crippen molar-refractivity contribution in [3.63, 3.8) is 0 Å². The van der Waals surface area contributed by atoms with Crippen LogP contribution >= 0.6 is 11.6 Å². The Morgan fingerprint density at radius 2 is 1.68 bits per heavy atom. The molecule has 0 bridgehead atoms. The molecule has 4 nitrogen and oxygen atoms in total. The van der Waals surface area contributed by atoms with Crippen molar-refractivity contribution in [3.05, 3.63) is 53.1 Å². The molecule has 0 unspecified atom stereocenters. The average molecular weight is 427 g/mol. The van der Waals surface area contributed by atoms with Crippen LogP contribution in [-0.2, 0) is 11.0 Å². The number of halogens is 7. The molecule has 0 heterocycles. The molecule has 2 aromatic rings. The number of carbonyl (C=O) groups excluding carboxylic acids is 1. The number of amides is 1. The second-order valence-electron chi connectivity index (χ2n) is 5.49. The second-order valence-corrected chi connectivity index (χ2v) is 5.93. The molecule has 0 saturated heterocycles. The number of anilines is 2. The Morgan fingerprint density at radius 3 is 2.32 bits per heavy atom. The summed E-state index contributed by atoms with van der Waals surface area (Å²) in [5.41, 5.74) is -1.49. The number of alkyl halides is 6. The van der Waals surface area contributed by atoms with Gasteiger partial charge in [-0.3, -0.25) is 4.79 Å². The van der Waals surface area contributed by atoms with Gasteiger partial charge < -0.3 is 15.4 Å². The average Bonchev–Trinajstić information content (AvgIpc) is 2.58. The summed E-state index contributed by atoms with van der Waals surface area (Å²) in [4.78, 5) is 12.0. The standard InChI is InChI=1S/C17H13ClF6N2O2/c18-10-5-6-14(28-9-16(19,20)21)13(7-10)25-8-15(27)26-12-4-2-1-3-11(12)17(22,23)24/h1-7,25H,8-9H2,(H,26,27). The van der Waals surface area contributed by atoms with Gasteiger partial charge in [0.15, 0.2) is 6.61 Å². The summed E-state index contributed by atoms with van der Waals surface area (Å²) in [6.07, 6.45) is -9.24. The predicted molar refractivity (Wildman–Crippen MR) is 91.6 cm³/mol. The zero-order valence-corrected chi connectivity index (χ0v) is 14.7. The minimum atomic E-state index is -4.66. The lowest BCUT2D eigenvalue weighted by atomic mass is 10.1. The van der Waals surface area contributed by atoms with Gasteiger partial charge in [0.2, 0.25) is 5.91 Å². The van der Waals surface area contributed by atoms with Crippen molar-refractivity contribution in [2.75, 3.05) is 23.8 Å². The molecule has 0 saturated carbocycles. The fourth-order valence-corrected chi connectivity index (χ4v) is 2.31. The molecule has 2 aromatic carbocycles. The van der Waals surface area contributed by atoms with Crippen LogP contribution in [0.5, 0.6) is 5.75 Å². The van der Waals surface area contributed by atoms with E-state index in [0.29, 0.717) is 0 Å². The quantitative estimate of drug-likeness (QED) is 0.612. The maximum atomic E-state index is 12.9. The zero-order chi connectivity index (χ0) is 20.9. The molecule has 11 heteroatoms. The Kier molecular flexibility index (Phi) is 6.65. The number of ether oxygens (including phenoxy) is 1. The number of rotatable bonds is 6. The number of carbonyl (C=O) groups is 1. The first-order chi connectivity index (χ1) is 13.0. The van der Waals surface area contributed by atoms with E-state index in [-0.39, 0.29) is 16.5 Å². The van der Waals surface area contributed by atoms with Gasteiger partial charge in [-0.15, -0.1) is 0 Å². The van der Waals surface area contributed by atoms with Crippen LogP contribution in [0.4, 0.5) is 37.7 Å². The summed E-state index contributed by atoms with van der Waals surface area (Å²) in [6, 6.07) is 8.07. The lowest BCUT2D eigenvalue weighted by Crippen LogP contribution is -2.24. The molecule has 0 aliphatic carbocycles. The Hall–Kier alpha value is -2.62. The zero-order valence-electron chi connectivity index (χ0n) is 13.9. The van der Waals surface area contributed by atoms with Crippen LogP contribution in [-0.4, -0.2) is 25.2 Å². The van der Waals surface area contributed by atoms with Gasteiger partial charge in [0, 0.05) is 5.02 Å². The first-order valence-electron chi connectivity index (χ1n) is 7.65. The third kappa shape index (κ3) is 6.52. The summed E-state index contributed by atoms with van der Waals surface area (Å²) in [5, 5.41) is 4.76. The third-order valence-corrected chi connectivity index (χ3v) is 3.51. The minimum Gasteiger partial charge on any atom is -0.482 e. The van der Waals surface area contributed by atoms with Crippen molar-refractivity contribution >= 4 is 28.9 Å². The number of hydrogen-bond acceptors (Lipinski definition) is 3. The second kappa shape index (κ2) is 8.59. The van der Waals surface area contributed by atoms with Crippen molar-refractivity contribution in [2.45, 2.75) is 12.4 Å².